The Morgan fingerprint density at radius 1 is 1.23 bits per heavy atom. The fraction of sp³-hybridized carbons (Fsp3) is 0.300. The molecule has 26 heavy (non-hydrogen) atoms. The van der Waals surface area contributed by atoms with E-state index in [-0.39, 0.29) is 11.3 Å². The van der Waals surface area contributed by atoms with Gasteiger partial charge < -0.3 is 9.88 Å². The number of aryl methyl sites for hydroxylation is 1. The monoisotopic (exact) mass is 345 g/mol. The van der Waals surface area contributed by atoms with Crippen LogP contribution in [0.3, 0.4) is 0 Å². The molecule has 0 unspecified atom stereocenters. The van der Waals surface area contributed by atoms with Crippen LogP contribution in [0.4, 0.5) is 5.69 Å². The van der Waals surface area contributed by atoms with Gasteiger partial charge in [-0.25, -0.2) is 9.97 Å². The minimum absolute atomic E-state index is 0.228. The van der Waals surface area contributed by atoms with Crippen LogP contribution in [0.1, 0.15) is 41.6 Å². The second-order valence-electron chi connectivity index (χ2n) is 6.85. The molecule has 6 heteroatoms. The predicted molar refractivity (Wildman–Crippen MR) is 98.7 cm³/mol. The fourth-order valence-electron chi connectivity index (χ4n) is 3.66. The van der Waals surface area contributed by atoms with E-state index in [0.29, 0.717) is 16.8 Å². The topological polar surface area (TPSA) is 83.6 Å². The second kappa shape index (κ2) is 6.26. The van der Waals surface area contributed by atoms with Gasteiger partial charge in [-0.15, -0.1) is 0 Å². The summed E-state index contributed by atoms with van der Waals surface area (Å²) in [5.41, 5.74) is 3.26. The number of rotatable bonds is 3. The molecule has 0 bridgehead atoms. The zero-order valence-electron chi connectivity index (χ0n) is 14.6. The highest BCUT2D eigenvalue weighted by Gasteiger charge is 2.35. The number of nitrogens with one attached hydrogen (secondary N) is 1. The molecule has 0 aliphatic heterocycles. The summed E-state index contributed by atoms with van der Waals surface area (Å²) >= 11 is 0. The van der Waals surface area contributed by atoms with Gasteiger partial charge in [-0.1, -0.05) is 25.0 Å². The largest absolute Gasteiger partial charge is 0.322 e. The van der Waals surface area contributed by atoms with Crippen molar-refractivity contribution in [3.8, 4) is 6.07 Å². The molecule has 1 aliphatic rings. The van der Waals surface area contributed by atoms with Crippen molar-refractivity contribution >= 4 is 22.8 Å². The number of pyridine rings is 1. The Morgan fingerprint density at radius 2 is 1.96 bits per heavy atom. The molecular weight excluding hydrogens is 326 g/mol. The lowest BCUT2D eigenvalue weighted by atomic mass is 9.80. The lowest BCUT2D eigenvalue weighted by Crippen LogP contribution is -2.19. The van der Waals surface area contributed by atoms with Crippen LogP contribution < -0.4 is 5.32 Å². The van der Waals surface area contributed by atoms with Crippen molar-refractivity contribution in [2.45, 2.75) is 31.1 Å². The van der Waals surface area contributed by atoms with Gasteiger partial charge in [0.2, 0.25) is 0 Å². The number of fused-ring (bicyclic) bond motifs is 1. The molecule has 130 valence electrons. The van der Waals surface area contributed by atoms with Crippen LogP contribution in [0.5, 0.6) is 0 Å². The van der Waals surface area contributed by atoms with Gasteiger partial charge in [-0.2, -0.15) is 5.26 Å². The summed E-state index contributed by atoms with van der Waals surface area (Å²) in [6.45, 7) is 0. The number of carbonyl (C=O) groups excluding carboxylic acids is 1. The zero-order valence-corrected chi connectivity index (χ0v) is 14.6. The Hall–Kier alpha value is -3.20. The first-order valence-electron chi connectivity index (χ1n) is 8.71. The molecule has 1 saturated carbocycles. The molecule has 4 rings (SSSR count). The van der Waals surface area contributed by atoms with Gasteiger partial charge in [0.05, 0.1) is 23.4 Å². The van der Waals surface area contributed by atoms with E-state index in [2.05, 4.69) is 21.4 Å². The molecule has 3 aromatic rings. The van der Waals surface area contributed by atoms with Crippen LogP contribution in [0.2, 0.25) is 0 Å². The standard InChI is InChI=1S/C20H19N5O/c1-25-13-23-17-10-14(11-22-18(17)25)19(26)24-16-6-4-15(5-7-16)20(12-21)8-2-3-9-20/h4-7,10-11,13H,2-3,8-9H2,1H3,(H,24,26). The predicted octanol–water partition coefficient (Wildman–Crippen LogP) is 3.56. The number of benzene rings is 1. The third-order valence-corrected chi connectivity index (χ3v) is 5.18. The van der Waals surface area contributed by atoms with E-state index in [0.717, 1.165) is 36.9 Å². The first-order valence-corrected chi connectivity index (χ1v) is 8.71. The highest BCUT2D eigenvalue weighted by Crippen LogP contribution is 2.40. The molecule has 0 spiro atoms. The number of nitriles is 1. The van der Waals surface area contributed by atoms with Crippen molar-refractivity contribution in [2.75, 3.05) is 5.32 Å². The van der Waals surface area contributed by atoms with Crippen LogP contribution in [-0.2, 0) is 12.5 Å². The van der Waals surface area contributed by atoms with Gasteiger partial charge in [0.1, 0.15) is 5.52 Å². The molecule has 2 heterocycles. The number of carbonyl (C=O) groups is 1. The Kier molecular flexibility index (Phi) is 3.92. The van der Waals surface area contributed by atoms with Crippen molar-refractivity contribution in [3.05, 3.63) is 54.0 Å². The molecule has 6 nitrogen and oxygen atoms in total. The molecule has 1 N–H and O–H groups in total. The quantitative estimate of drug-likeness (QED) is 0.787. The van der Waals surface area contributed by atoms with Crippen molar-refractivity contribution in [1.82, 2.24) is 14.5 Å². The molecule has 0 radical (unpaired) electrons. The van der Waals surface area contributed by atoms with Crippen molar-refractivity contribution in [3.63, 3.8) is 0 Å². The Labute approximate surface area is 151 Å². The van der Waals surface area contributed by atoms with E-state index in [9.17, 15) is 10.1 Å². The Bertz CT molecular complexity index is 1010. The molecular formula is C20H19N5O. The van der Waals surface area contributed by atoms with Crippen LogP contribution in [-0.4, -0.2) is 20.4 Å². The number of anilines is 1. The maximum atomic E-state index is 12.5. The van der Waals surface area contributed by atoms with Crippen LogP contribution in [0, 0.1) is 11.3 Å². The summed E-state index contributed by atoms with van der Waals surface area (Å²) in [6, 6.07) is 11.8. The second-order valence-corrected chi connectivity index (χ2v) is 6.85. The molecule has 1 fully saturated rings. The van der Waals surface area contributed by atoms with Gasteiger partial charge in [-0.05, 0) is 36.6 Å². The molecule has 0 saturated heterocycles. The molecule has 1 aromatic carbocycles. The maximum Gasteiger partial charge on any atom is 0.257 e. The third-order valence-electron chi connectivity index (χ3n) is 5.18. The van der Waals surface area contributed by atoms with E-state index in [1.165, 1.54) is 0 Å². The van der Waals surface area contributed by atoms with E-state index in [1.807, 2.05) is 35.9 Å². The summed E-state index contributed by atoms with van der Waals surface area (Å²) in [5, 5.41) is 12.5. The lowest BCUT2D eigenvalue weighted by molar-refractivity contribution is 0.102. The van der Waals surface area contributed by atoms with Crippen LogP contribution >= 0.6 is 0 Å². The third kappa shape index (κ3) is 2.72. The maximum absolute atomic E-state index is 12.5. The number of hydrogen-bond donors (Lipinski definition) is 1. The Morgan fingerprint density at radius 3 is 2.65 bits per heavy atom. The summed E-state index contributed by atoms with van der Waals surface area (Å²) in [4.78, 5) is 21.0. The first kappa shape index (κ1) is 16.3. The number of amides is 1. The lowest BCUT2D eigenvalue weighted by Gasteiger charge is -2.20. The van der Waals surface area contributed by atoms with Gasteiger partial charge >= 0.3 is 0 Å². The van der Waals surface area contributed by atoms with Crippen molar-refractivity contribution < 1.29 is 4.79 Å². The van der Waals surface area contributed by atoms with Gasteiger partial charge in [0.15, 0.2) is 5.65 Å². The minimum Gasteiger partial charge on any atom is -0.322 e. The molecule has 0 atom stereocenters. The average Bonchev–Trinajstić information content (AvgIpc) is 3.30. The van der Waals surface area contributed by atoms with Crippen LogP contribution in [0.25, 0.3) is 11.2 Å². The smallest absolute Gasteiger partial charge is 0.257 e. The van der Waals surface area contributed by atoms with E-state index < -0.39 is 0 Å². The van der Waals surface area contributed by atoms with Crippen LogP contribution in [0.15, 0.2) is 42.9 Å². The highest BCUT2D eigenvalue weighted by molar-refractivity contribution is 6.05. The highest BCUT2D eigenvalue weighted by atomic mass is 16.1. The van der Waals surface area contributed by atoms with Gasteiger partial charge in [0.25, 0.3) is 5.91 Å². The molecule has 1 aliphatic carbocycles. The first-order chi connectivity index (χ1) is 12.6. The Balaban J connectivity index is 1.53. The number of aromatic nitrogens is 3. The number of imidazole rings is 1. The average molecular weight is 345 g/mol. The van der Waals surface area contributed by atoms with Crippen molar-refractivity contribution in [1.29, 1.82) is 5.26 Å². The van der Waals surface area contributed by atoms with E-state index in [1.54, 1.807) is 18.6 Å². The summed E-state index contributed by atoms with van der Waals surface area (Å²) in [7, 11) is 1.86. The zero-order chi connectivity index (χ0) is 18.1. The summed E-state index contributed by atoms with van der Waals surface area (Å²) in [5.74, 6) is -0.228. The fourth-order valence-corrected chi connectivity index (χ4v) is 3.66. The summed E-state index contributed by atoms with van der Waals surface area (Å²) in [6.07, 6.45) is 7.23. The SMILES string of the molecule is Cn1cnc2cc(C(=O)Nc3ccc(C4(C#N)CCCC4)cc3)cnc21. The van der Waals surface area contributed by atoms with Gasteiger partial charge in [-0.3, -0.25) is 4.79 Å². The van der Waals surface area contributed by atoms with Crippen molar-refractivity contribution in [2.24, 2.45) is 7.05 Å². The number of hydrogen-bond acceptors (Lipinski definition) is 4. The molecule has 1 amide bonds. The minimum atomic E-state index is -0.365. The number of nitrogens with zero attached hydrogens (tertiary/aromatic N) is 4. The summed E-state index contributed by atoms with van der Waals surface area (Å²) < 4.78 is 1.81. The van der Waals surface area contributed by atoms with E-state index in [4.69, 9.17) is 0 Å². The van der Waals surface area contributed by atoms with E-state index >= 15 is 0 Å². The normalized spacial score (nSPS) is 15.7. The van der Waals surface area contributed by atoms with Gasteiger partial charge in [0, 0.05) is 18.9 Å². The molecule has 2 aromatic heterocycles.